The number of H-pyrrole nitrogens is 1. The van der Waals surface area contributed by atoms with Gasteiger partial charge in [0.25, 0.3) is 5.91 Å². The van der Waals surface area contributed by atoms with E-state index in [0.29, 0.717) is 34.8 Å². The van der Waals surface area contributed by atoms with Crippen LogP contribution in [-0.4, -0.2) is 66.1 Å². The Morgan fingerprint density at radius 2 is 1.66 bits per heavy atom. The molecule has 0 bridgehead atoms. The van der Waals surface area contributed by atoms with Gasteiger partial charge in [-0.2, -0.15) is 0 Å². The first-order chi connectivity index (χ1) is 17.2. The third kappa shape index (κ3) is 5.08. The molecular weight excluding hydrogens is 444 g/mol. The molecular formula is C27H26N4O4. The van der Waals surface area contributed by atoms with Gasteiger partial charge in [0.2, 0.25) is 5.78 Å². The topological polar surface area (TPSA) is 100 Å². The van der Waals surface area contributed by atoms with E-state index in [1.807, 2.05) is 60.7 Å². The summed E-state index contributed by atoms with van der Waals surface area (Å²) in [5.74, 6) is -0.131. The number of ether oxygens (including phenoxy) is 1. The fraction of sp³-hybridized carbons (Fsp3) is 0.222. The number of hydrogen-bond acceptors (Lipinski definition) is 6. The fourth-order valence-electron chi connectivity index (χ4n) is 4.13. The smallest absolute Gasteiger partial charge is 0.267 e. The maximum atomic E-state index is 13.7. The van der Waals surface area contributed by atoms with Crippen LogP contribution in [0.1, 0.15) is 26.4 Å². The standard InChI is InChI=1S/C27H26N4O4/c32-25(21-17-22(29-18-21)27(33)28-11-12-31-13-15-34-16-14-31)23-24(19-7-3-1-4-8-19)30-35-26(23)20-9-5-2-6-10-20/h1-10,17-18,29H,11-16H2,(H,28,33). The summed E-state index contributed by atoms with van der Waals surface area (Å²) in [6.07, 6.45) is 1.55. The molecule has 8 heteroatoms. The molecule has 1 aliphatic heterocycles. The summed E-state index contributed by atoms with van der Waals surface area (Å²) in [4.78, 5) is 31.5. The number of carbonyl (C=O) groups excluding carboxylic acids is 2. The molecule has 1 aliphatic rings. The van der Waals surface area contributed by atoms with Crippen LogP contribution in [0.3, 0.4) is 0 Å². The highest BCUT2D eigenvalue weighted by molar-refractivity contribution is 6.16. The number of morpholine rings is 1. The molecule has 8 nitrogen and oxygen atoms in total. The zero-order chi connectivity index (χ0) is 24.0. The minimum Gasteiger partial charge on any atom is -0.379 e. The van der Waals surface area contributed by atoms with E-state index in [4.69, 9.17) is 9.26 Å². The van der Waals surface area contributed by atoms with Gasteiger partial charge in [-0.1, -0.05) is 65.8 Å². The molecule has 178 valence electrons. The van der Waals surface area contributed by atoms with E-state index in [0.717, 1.165) is 44.0 Å². The number of nitrogens with zero attached hydrogens (tertiary/aromatic N) is 2. The minimum atomic E-state index is -0.271. The average molecular weight is 471 g/mol. The Morgan fingerprint density at radius 3 is 2.37 bits per heavy atom. The van der Waals surface area contributed by atoms with E-state index in [1.165, 1.54) is 0 Å². The predicted molar refractivity (Wildman–Crippen MR) is 131 cm³/mol. The Kier molecular flexibility index (Phi) is 6.83. The van der Waals surface area contributed by atoms with E-state index in [9.17, 15) is 9.59 Å². The summed E-state index contributed by atoms with van der Waals surface area (Å²) in [5, 5.41) is 7.15. The van der Waals surface area contributed by atoms with Crippen LogP contribution in [0.5, 0.6) is 0 Å². The molecule has 0 aliphatic carbocycles. The molecule has 0 unspecified atom stereocenters. The van der Waals surface area contributed by atoms with Crippen molar-refractivity contribution in [2.24, 2.45) is 0 Å². The van der Waals surface area contributed by atoms with E-state index in [2.05, 4.69) is 20.4 Å². The van der Waals surface area contributed by atoms with Crippen molar-refractivity contribution in [1.82, 2.24) is 20.4 Å². The maximum absolute atomic E-state index is 13.7. The number of rotatable bonds is 8. The number of ketones is 1. The van der Waals surface area contributed by atoms with Crippen molar-refractivity contribution < 1.29 is 18.8 Å². The molecule has 1 amide bonds. The van der Waals surface area contributed by atoms with Crippen LogP contribution in [0.25, 0.3) is 22.6 Å². The van der Waals surface area contributed by atoms with E-state index in [-0.39, 0.29) is 11.7 Å². The molecule has 0 saturated carbocycles. The van der Waals surface area contributed by atoms with Gasteiger partial charge in [-0.3, -0.25) is 14.5 Å². The lowest BCUT2D eigenvalue weighted by Crippen LogP contribution is -2.41. The van der Waals surface area contributed by atoms with Gasteiger partial charge in [-0.25, -0.2) is 0 Å². The molecule has 2 N–H and O–H groups in total. The zero-order valence-corrected chi connectivity index (χ0v) is 19.2. The lowest BCUT2D eigenvalue weighted by atomic mass is 9.96. The van der Waals surface area contributed by atoms with Crippen molar-refractivity contribution in [3.63, 3.8) is 0 Å². The van der Waals surface area contributed by atoms with Gasteiger partial charge in [0.15, 0.2) is 5.76 Å². The highest BCUT2D eigenvalue weighted by Crippen LogP contribution is 2.34. The molecule has 5 rings (SSSR count). The highest BCUT2D eigenvalue weighted by atomic mass is 16.5. The van der Waals surface area contributed by atoms with Crippen LogP contribution < -0.4 is 5.32 Å². The second-order valence-corrected chi connectivity index (χ2v) is 8.31. The van der Waals surface area contributed by atoms with Gasteiger partial charge in [0.1, 0.15) is 11.4 Å². The van der Waals surface area contributed by atoms with Crippen molar-refractivity contribution >= 4 is 11.7 Å². The Labute approximate surface area is 202 Å². The molecule has 0 spiro atoms. The van der Waals surface area contributed by atoms with E-state index in [1.54, 1.807) is 12.3 Å². The molecule has 35 heavy (non-hydrogen) atoms. The van der Waals surface area contributed by atoms with E-state index < -0.39 is 0 Å². The Morgan fingerprint density at radius 1 is 0.971 bits per heavy atom. The number of hydrogen-bond donors (Lipinski definition) is 2. The fourth-order valence-corrected chi connectivity index (χ4v) is 4.13. The summed E-state index contributed by atoms with van der Waals surface area (Å²) in [5.41, 5.74) is 3.04. The summed E-state index contributed by atoms with van der Waals surface area (Å²) in [7, 11) is 0. The first-order valence-electron chi connectivity index (χ1n) is 11.6. The van der Waals surface area contributed by atoms with Gasteiger partial charge >= 0.3 is 0 Å². The molecule has 0 radical (unpaired) electrons. The number of benzene rings is 2. The van der Waals surface area contributed by atoms with Crippen molar-refractivity contribution in [3.8, 4) is 22.6 Å². The second-order valence-electron chi connectivity index (χ2n) is 8.31. The third-order valence-corrected chi connectivity index (χ3v) is 6.01. The van der Waals surface area contributed by atoms with Gasteiger partial charge in [-0.15, -0.1) is 0 Å². The average Bonchev–Trinajstić information content (AvgIpc) is 3.58. The Hall–Kier alpha value is -4.01. The van der Waals surface area contributed by atoms with E-state index >= 15 is 0 Å². The summed E-state index contributed by atoms with van der Waals surface area (Å²) in [6.45, 7) is 4.43. The second kappa shape index (κ2) is 10.5. The lowest BCUT2D eigenvalue weighted by molar-refractivity contribution is 0.0383. The number of aromatic amines is 1. The molecule has 2 aromatic carbocycles. The Balaban J connectivity index is 1.37. The number of carbonyl (C=O) groups is 2. The Bertz CT molecular complexity index is 1230. The predicted octanol–water partition coefficient (Wildman–Crippen LogP) is 3.63. The normalized spacial score (nSPS) is 14.1. The molecule has 2 aromatic heterocycles. The van der Waals surface area contributed by atoms with Gasteiger partial charge in [0, 0.05) is 49.1 Å². The summed E-state index contributed by atoms with van der Waals surface area (Å²) < 4.78 is 11.0. The monoisotopic (exact) mass is 470 g/mol. The molecule has 1 saturated heterocycles. The quantitative estimate of drug-likeness (QED) is 0.382. The first kappa shape index (κ1) is 22.8. The molecule has 0 atom stereocenters. The van der Waals surface area contributed by atoms with Crippen LogP contribution >= 0.6 is 0 Å². The molecule has 4 aromatic rings. The van der Waals surface area contributed by atoms with Crippen molar-refractivity contribution in [2.45, 2.75) is 0 Å². The van der Waals surface area contributed by atoms with Crippen LogP contribution in [-0.2, 0) is 4.74 Å². The zero-order valence-electron chi connectivity index (χ0n) is 19.2. The van der Waals surface area contributed by atoms with Crippen molar-refractivity contribution in [3.05, 3.63) is 89.7 Å². The van der Waals surface area contributed by atoms with Gasteiger partial charge in [0.05, 0.1) is 18.8 Å². The number of amides is 1. The summed E-state index contributed by atoms with van der Waals surface area (Å²) in [6, 6.07) is 20.4. The number of nitrogens with one attached hydrogen (secondary N) is 2. The first-order valence-corrected chi connectivity index (χ1v) is 11.6. The molecule has 1 fully saturated rings. The highest BCUT2D eigenvalue weighted by Gasteiger charge is 2.27. The van der Waals surface area contributed by atoms with Gasteiger partial charge < -0.3 is 19.6 Å². The maximum Gasteiger partial charge on any atom is 0.267 e. The SMILES string of the molecule is O=C(NCCN1CCOCC1)c1cc(C(=O)c2c(-c3ccccc3)noc2-c2ccccc2)c[nH]1. The van der Waals surface area contributed by atoms with Crippen LogP contribution in [0, 0.1) is 0 Å². The number of aromatic nitrogens is 2. The van der Waals surface area contributed by atoms with Crippen molar-refractivity contribution in [2.75, 3.05) is 39.4 Å². The van der Waals surface area contributed by atoms with Crippen LogP contribution in [0.4, 0.5) is 0 Å². The largest absolute Gasteiger partial charge is 0.379 e. The minimum absolute atomic E-state index is 0.255. The third-order valence-electron chi connectivity index (χ3n) is 6.01. The van der Waals surface area contributed by atoms with Crippen LogP contribution in [0.15, 0.2) is 77.4 Å². The van der Waals surface area contributed by atoms with Gasteiger partial charge in [-0.05, 0) is 6.07 Å². The van der Waals surface area contributed by atoms with Crippen molar-refractivity contribution in [1.29, 1.82) is 0 Å². The molecule has 3 heterocycles. The van der Waals surface area contributed by atoms with Crippen LogP contribution in [0.2, 0.25) is 0 Å². The summed E-state index contributed by atoms with van der Waals surface area (Å²) >= 11 is 0. The lowest BCUT2D eigenvalue weighted by Gasteiger charge is -2.26.